The minimum absolute atomic E-state index is 0.638. The quantitative estimate of drug-likeness (QED) is 0.786. The first-order chi connectivity index (χ1) is 7.31. The average Bonchev–Trinajstić information content (AvgIpc) is 2.30. The summed E-state index contributed by atoms with van der Waals surface area (Å²) in [6.07, 6.45) is 8.88. The molecule has 4 heteroatoms. The highest BCUT2D eigenvalue weighted by molar-refractivity contribution is 14.1. The SMILES string of the molecule is CCC1CCCCN1c1ncc(I)cn1. The van der Waals surface area contributed by atoms with E-state index in [1.807, 2.05) is 12.4 Å². The van der Waals surface area contributed by atoms with Crippen LogP contribution in [0, 0.1) is 3.57 Å². The van der Waals surface area contributed by atoms with Gasteiger partial charge in [0.25, 0.3) is 0 Å². The molecule has 0 saturated carbocycles. The minimum Gasteiger partial charge on any atom is -0.338 e. The van der Waals surface area contributed by atoms with Crippen LogP contribution in [0.2, 0.25) is 0 Å². The Morgan fingerprint density at radius 3 is 2.80 bits per heavy atom. The predicted octanol–water partition coefficient (Wildman–Crippen LogP) is 2.85. The summed E-state index contributed by atoms with van der Waals surface area (Å²) in [6.45, 7) is 3.36. The molecule has 0 N–H and O–H groups in total. The van der Waals surface area contributed by atoms with Crippen LogP contribution in [0.25, 0.3) is 0 Å². The van der Waals surface area contributed by atoms with Gasteiger partial charge in [0, 0.05) is 28.6 Å². The molecule has 82 valence electrons. The molecular formula is C11H16IN3. The standard InChI is InChI=1S/C11H16IN3/c1-2-10-5-3-4-6-15(10)11-13-7-9(12)8-14-11/h7-8,10H,2-6H2,1H3. The van der Waals surface area contributed by atoms with Gasteiger partial charge in [0.1, 0.15) is 0 Å². The molecule has 2 rings (SSSR count). The number of aromatic nitrogens is 2. The lowest BCUT2D eigenvalue weighted by Gasteiger charge is -2.35. The normalized spacial score (nSPS) is 21.7. The lowest BCUT2D eigenvalue weighted by Crippen LogP contribution is -2.40. The van der Waals surface area contributed by atoms with Crippen LogP contribution in [0.15, 0.2) is 12.4 Å². The Hall–Kier alpha value is -0.390. The first kappa shape index (κ1) is 11.1. The molecule has 0 bridgehead atoms. The van der Waals surface area contributed by atoms with E-state index in [1.54, 1.807) is 0 Å². The second kappa shape index (κ2) is 5.09. The van der Waals surface area contributed by atoms with Crippen molar-refractivity contribution in [1.82, 2.24) is 9.97 Å². The summed E-state index contributed by atoms with van der Waals surface area (Å²) >= 11 is 2.24. The molecule has 0 amide bonds. The third kappa shape index (κ3) is 2.59. The highest BCUT2D eigenvalue weighted by Crippen LogP contribution is 2.23. The van der Waals surface area contributed by atoms with E-state index in [9.17, 15) is 0 Å². The molecule has 1 aliphatic heterocycles. The van der Waals surface area contributed by atoms with E-state index >= 15 is 0 Å². The highest BCUT2D eigenvalue weighted by atomic mass is 127. The van der Waals surface area contributed by atoms with E-state index in [0.717, 1.165) is 16.1 Å². The molecule has 1 unspecified atom stereocenters. The molecule has 1 aliphatic rings. The molecule has 0 aromatic carbocycles. The van der Waals surface area contributed by atoms with Crippen molar-refractivity contribution in [3.8, 4) is 0 Å². The summed E-state index contributed by atoms with van der Waals surface area (Å²) in [7, 11) is 0. The fourth-order valence-electron chi connectivity index (χ4n) is 2.14. The van der Waals surface area contributed by atoms with Crippen molar-refractivity contribution in [1.29, 1.82) is 0 Å². The van der Waals surface area contributed by atoms with Crippen molar-refractivity contribution in [2.45, 2.75) is 38.6 Å². The van der Waals surface area contributed by atoms with Crippen LogP contribution in [0.1, 0.15) is 32.6 Å². The number of halogens is 1. The van der Waals surface area contributed by atoms with Gasteiger partial charge in [-0.3, -0.25) is 0 Å². The van der Waals surface area contributed by atoms with Gasteiger partial charge in [-0.1, -0.05) is 6.92 Å². The number of hydrogen-bond donors (Lipinski definition) is 0. The number of rotatable bonds is 2. The van der Waals surface area contributed by atoms with Gasteiger partial charge in [-0.2, -0.15) is 0 Å². The van der Waals surface area contributed by atoms with Crippen molar-refractivity contribution < 1.29 is 0 Å². The number of anilines is 1. The van der Waals surface area contributed by atoms with E-state index in [2.05, 4.69) is 44.4 Å². The monoisotopic (exact) mass is 317 g/mol. The smallest absolute Gasteiger partial charge is 0.225 e. The van der Waals surface area contributed by atoms with Gasteiger partial charge >= 0.3 is 0 Å². The number of hydrogen-bond acceptors (Lipinski definition) is 3. The van der Waals surface area contributed by atoms with Gasteiger partial charge in [0.15, 0.2) is 0 Å². The van der Waals surface area contributed by atoms with Crippen molar-refractivity contribution in [3.63, 3.8) is 0 Å². The van der Waals surface area contributed by atoms with Gasteiger partial charge < -0.3 is 4.90 Å². The second-order valence-electron chi connectivity index (χ2n) is 3.95. The molecule has 1 fully saturated rings. The molecule has 1 aromatic rings. The second-order valence-corrected chi connectivity index (χ2v) is 5.20. The van der Waals surface area contributed by atoms with E-state index in [4.69, 9.17) is 0 Å². The molecule has 1 aromatic heterocycles. The Kier molecular flexibility index (Phi) is 3.77. The third-order valence-electron chi connectivity index (χ3n) is 2.96. The summed E-state index contributed by atoms with van der Waals surface area (Å²) in [4.78, 5) is 11.2. The zero-order valence-corrected chi connectivity index (χ0v) is 11.1. The Morgan fingerprint density at radius 1 is 1.40 bits per heavy atom. The lowest BCUT2D eigenvalue weighted by atomic mass is 10.0. The average molecular weight is 317 g/mol. The Labute approximate surface area is 104 Å². The molecule has 1 saturated heterocycles. The Morgan fingerprint density at radius 2 is 2.13 bits per heavy atom. The molecule has 15 heavy (non-hydrogen) atoms. The summed E-state index contributed by atoms with van der Waals surface area (Å²) in [5.41, 5.74) is 0. The Bertz CT molecular complexity index is 312. The predicted molar refractivity (Wildman–Crippen MR) is 70.0 cm³/mol. The maximum atomic E-state index is 4.41. The maximum Gasteiger partial charge on any atom is 0.225 e. The van der Waals surface area contributed by atoms with Crippen LogP contribution in [0.5, 0.6) is 0 Å². The van der Waals surface area contributed by atoms with Gasteiger partial charge in [-0.05, 0) is 48.3 Å². The fraction of sp³-hybridized carbons (Fsp3) is 0.636. The van der Waals surface area contributed by atoms with Crippen LogP contribution >= 0.6 is 22.6 Å². The van der Waals surface area contributed by atoms with Gasteiger partial charge in [0.2, 0.25) is 5.95 Å². The minimum atomic E-state index is 0.638. The van der Waals surface area contributed by atoms with Crippen LogP contribution in [0.4, 0.5) is 5.95 Å². The highest BCUT2D eigenvalue weighted by Gasteiger charge is 2.22. The summed E-state index contributed by atoms with van der Waals surface area (Å²) in [5.74, 6) is 0.905. The van der Waals surface area contributed by atoms with Crippen LogP contribution in [-0.2, 0) is 0 Å². The molecule has 0 radical (unpaired) electrons. The van der Waals surface area contributed by atoms with Crippen LogP contribution < -0.4 is 4.90 Å². The fourth-order valence-corrected chi connectivity index (χ4v) is 2.42. The summed E-state index contributed by atoms with van der Waals surface area (Å²) < 4.78 is 1.10. The number of nitrogens with zero attached hydrogens (tertiary/aromatic N) is 3. The number of piperidine rings is 1. The molecular weight excluding hydrogens is 301 g/mol. The van der Waals surface area contributed by atoms with Gasteiger partial charge in [0.05, 0.1) is 0 Å². The molecule has 1 atom stereocenters. The van der Waals surface area contributed by atoms with Crippen LogP contribution in [-0.4, -0.2) is 22.6 Å². The van der Waals surface area contributed by atoms with E-state index in [0.29, 0.717) is 6.04 Å². The third-order valence-corrected chi connectivity index (χ3v) is 3.52. The molecule has 3 nitrogen and oxygen atoms in total. The summed E-state index contributed by atoms with van der Waals surface area (Å²) in [5, 5.41) is 0. The lowest BCUT2D eigenvalue weighted by molar-refractivity contribution is 0.443. The first-order valence-corrected chi connectivity index (χ1v) is 6.63. The van der Waals surface area contributed by atoms with Crippen molar-refractivity contribution in [2.24, 2.45) is 0 Å². The molecule has 0 spiro atoms. The largest absolute Gasteiger partial charge is 0.338 e. The topological polar surface area (TPSA) is 29.0 Å². The zero-order valence-electron chi connectivity index (χ0n) is 8.99. The molecule has 0 aliphatic carbocycles. The van der Waals surface area contributed by atoms with Crippen molar-refractivity contribution >= 4 is 28.5 Å². The van der Waals surface area contributed by atoms with E-state index < -0.39 is 0 Å². The molecule has 2 heterocycles. The van der Waals surface area contributed by atoms with E-state index in [-0.39, 0.29) is 0 Å². The summed E-state index contributed by atoms with van der Waals surface area (Å²) in [6, 6.07) is 0.638. The van der Waals surface area contributed by atoms with Gasteiger partial charge in [-0.25, -0.2) is 9.97 Å². The Balaban J connectivity index is 2.16. The van der Waals surface area contributed by atoms with Crippen molar-refractivity contribution in [2.75, 3.05) is 11.4 Å². The maximum absolute atomic E-state index is 4.41. The van der Waals surface area contributed by atoms with Gasteiger partial charge in [-0.15, -0.1) is 0 Å². The first-order valence-electron chi connectivity index (χ1n) is 5.55. The van der Waals surface area contributed by atoms with Crippen LogP contribution in [0.3, 0.4) is 0 Å². The van der Waals surface area contributed by atoms with E-state index in [1.165, 1.54) is 25.7 Å². The van der Waals surface area contributed by atoms with Crippen molar-refractivity contribution in [3.05, 3.63) is 16.0 Å². The zero-order chi connectivity index (χ0) is 10.7.